The van der Waals surface area contributed by atoms with Crippen LogP contribution >= 0.6 is 0 Å². The van der Waals surface area contributed by atoms with Crippen molar-refractivity contribution in [2.45, 2.75) is 6.92 Å². The summed E-state index contributed by atoms with van der Waals surface area (Å²) in [4.78, 5) is 0. The summed E-state index contributed by atoms with van der Waals surface area (Å²) in [5.74, 6) is -1.75. The highest BCUT2D eigenvalue weighted by Gasteiger charge is 2.10. The van der Waals surface area contributed by atoms with E-state index in [-0.39, 0.29) is 17.0 Å². The molecule has 2 N–H and O–H groups in total. The fourth-order valence-corrected chi connectivity index (χ4v) is 1.38. The molecule has 1 aromatic carbocycles. The second-order valence-corrected chi connectivity index (χ2v) is 3.58. The summed E-state index contributed by atoms with van der Waals surface area (Å²) in [6, 6.07) is 4.24. The third-order valence-corrected chi connectivity index (χ3v) is 2.42. The average Bonchev–Trinajstić information content (AvgIpc) is 2.93. The minimum Gasteiger partial charge on any atom is -0.360 e. The number of hydrogen-bond acceptors (Lipinski definition) is 5. The molecule has 1 heterocycles. The number of rotatable bonds is 3. The summed E-state index contributed by atoms with van der Waals surface area (Å²) in [7, 11) is 0. The lowest BCUT2D eigenvalue weighted by Crippen LogP contribution is -1.98. The fraction of sp³-hybridized carbons (Fsp3) is 0.0909. The number of allylic oxidation sites excluding steroid dienone is 1. The highest BCUT2D eigenvalue weighted by Crippen LogP contribution is 2.21. The predicted octanol–water partition coefficient (Wildman–Crippen LogP) is 1.76. The van der Waals surface area contributed by atoms with Crippen LogP contribution in [0.1, 0.15) is 11.4 Å². The number of hydrogen-bond donors (Lipinski definition) is 2. The Morgan fingerprint density at radius 3 is 2.89 bits per heavy atom. The van der Waals surface area contributed by atoms with Crippen molar-refractivity contribution in [1.82, 2.24) is 20.6 Å². The van der Waals surface area contributed by atoms with Gasteiger partial charge in [-0.3, -0.25) is 0 Å². The molecule has 0 saturated carbocycles. The van der Waals surface area contributed by atoms with Crippen LogP contribution in [0, 0.1) is 29.9 Å². The lowest BCUT2D eigenvalue weighted by Gasteiger charge is -2.07. The summed E-state index contributed by atoms with van der Waals surface area (Å²) in [6.07, 6.45) is 1.30. The first-order valence-electron chi connectivity index (χ1n) is 5.18. The molecule has 0 amide bonds. The van der Waals surface area contributed by atoms with Crippen molar-refractivity contribution < 1.29 is 8.78 Å². The van der Waals surface area contributed by atoms with E-state index in [2.05, 4.69) is 25.9 Å². The molecule has 96 valence electrons. The first-order valence-corrected chi connectivity index (χ1v) is 5.18. The maximum Gasteiger partial charge on any atom is 0.216 e. The summed E-state index contributed by atoms with van der Waals surface area (Å²) in [5.41, 5.74) is 0.565. The Morgan fingerprint density at radius 2 is 2.26 bits per heavy atom. The molecule has 0 atom stereocenters. The highest BCUT2D eigenvalue weighted by atomic mass is 19.2. The van der Waals surface area contributed by atoms with Gasteiger partial charge in [0, 0.05) is 17.5 Å². The van der Waals surface area contributed by atoms with Crippen molar-refractivity contribution in [3.8, 4) is 6.07 Å². The third-order valence-electron chi connectivity index (χ3n) is 2.42. The normalized spacial score (nSPS) is 11.2. The standard InChI is InChI=1S/C11H8F2N6/c1-6-9(3-2-8(12)10(6)13)15-5-7(4-14)11-16-18-19-17-11/h2-3,5,15H,1H3,(H,16,17,18,19). The molecule has 2 rings (SSSR count). The van der Waals surface area contributed by atoms with Gasteiger partial charge in [-0.25, -0.2) is 8.78 Å². The van der Waals surface area contributed by atoms with Crippen molar-refractivity contribution in [3.05, 3.63) is 41.4 Å². The molecule has 2 aromatic rings. The van der Waals surface area contributed by atoms with Crippen molar-refractivity contribution >= 4 is 11.3 Å². The lowest BCUT2D eigenvalue weighted by atomic mass is 10.2. The van der Waals surface area contributed by atoms with Crippen LogP contribution in [0.25, 0.3) is 5.57 Å². The molecule has 8 heteroatoms. The van der Waals surface area contributed by atoms with Gasteiger partial charge in [0.2, 0.25) is 5.82 Å². The van der Waals surface area contributed by atoms with Gasteiger partial charge in [-0.15, -0.1) is 10.2 Å². The van der Waals surface area contributed by atoms with Crippen LogP contribution in [0.5, 0.6) is 0 Å². The number of aromatic nitrogens is 4. The van der Waals surface area contributed by atoms with Crippen LogP contribution in [0.2, 0.25) is 0 Å². The van der Waals surface area contributed by atoms with Crippen LogP contribution in [-0.2, 0) is 0 Å². The van der Waals surface area contributed by atoms with Gasteiger partial charge < -0.3 is 5.32 Å². The molecule has 0 spiro atoms. The van der Waals surface area contributed by atoms with Crippen molar-refractivity contribution in [3.63, 3.8) is 0 Å². The molecule has 19 heavy (non-hydrogen) atoms. The second-order valence-electron chi connectivity index (χ2n) is 3.58. The lowest BCUT2D eigenvalue weighted by molar-refractivity contribution is 0.504. The minimum absolute atomic E-state index is 0.107. The first-order chi connectivity index (χ1) is 9.13. The van der Waals surface area contributed by atoms with Gasteiger partial charge in [0.05, 0.1) is 0 Å². The van der Waals surface area contributed by atoms with E-state index in [1.807, 2.05) is 6.07 Å². The Morgan fingerprint density at radius 1 is 1.47 bits per heavy atom. The second kappa shape index (κ2) is 5.22. The van der Waals surface area contributed by atoms with Crippen molar-refractivity contribution in [2.75, 3.05) is 5.32 Å². The number of tetrazole rings is 1. The summed E-state index contributed by atoms with van der Waals surface area (Å²) < 4.78 is 26.3. The Labute approximate surface area is 106 Å². The molecule has 0 aliphatic carbocycles. The van der Waals surface area contributed by atoms with Gasteiger partial charge in [0.25, 0.3) is 0 Å². The molecule has 1 aromatic heterocycles. The molecule has 0 unspecified atom stereocenters. The van der Waals surface area contributed by atoms with Gasteiger partial charge in [-0.1, -0.05) is 0 Å². The number of anilines is 1. The van der Waals surface area contributed by atoms with E-state index in [0.717, 1.165) is 6.07 Å². The average molecular weight is 262 g/mol. The summed E-state index contributed by atoms with van der Waals surface area (Å²) in [6.45, 7) is 1.43. The summed E-state index contributed by atoms with van der Waals surface area (Å²) in [5, 5.41) is 24.5. The Hall–Kier alpha value is -2.82. The van der Waals surface area contributed by atoms with Crippen LogP contribution in [0.4, 0.5) is 14.5 Å². The maximum absolute atomic E-state index is 13.3. The molecule has 0 fully saturated rings. The van der Waals surface area contributed by atoms with E-state index < -0.39 is 11.6 Å². The van der Waals surface area contributed by atoms with E-state index >= 15 is 0 Å². The molecule has 0 saturated heterocycles. The van der Waals surface area contributed by atoms with E-state index in [1.165, 1.54) is 19.2 Å². The molecule has 6 nitrogen and oxygen atoms in total. The topological polar surface area (TPSA) is 90.3 Å². The minimum atomic E-state index is -0.934. The predicted molar refractivity (Wildman–Crippen MR) is 62.5 cm³/mol. The van der Waals surface area contributed by atoms with Crippen LogP contribution < -0.4 is 5.32 Å². The number of aromatic amines is 1. The van der Waals surface area contributed by atoms with Crippen LogP contribution in [0.15, 0.2) is 18.3 Å². The maximum atomic E-state index is 13.3. The van der Waals surface area contributed by atoms with Crippen LogP contribution in [0.3, 0.4) is 0 Å². The Balaban J connectivity index is 2.28. The SMILES string of the molecule is Cc1c(NC=C(C#N)c2nn[nH]n2)ccc(F)c1F. The third kappa shape index (κ3) is 2.55. The quantitative estimate of drug-likeness (QED) is 0.822. The van der Waals surface area contributed by atoms with Gasteiger partial charge in [-0.05, 0) is 24.3 Å². The largest absolute Gasteiger partial charge is 0.360 e. The van der Waals surface area contributed by atoms with Crippen molar-refractivity contribution in [1.29, 1.82) is 5.26 Å². The monoisotopic (exact) mass is 262 g/mol. The van der Waals surface area contributed by atoms with E-state index in [1.54, 1.807) is 0 Å². The molecular formula is C11H8F2N6. The number of nitrogens with zero attached hydrogens (tertiary/aromatic N) is 4. The molecule has 0 radical (unpaired) electrons. The number of nitriles is 1. The number of H-pyrrole nitrogens is 1. The molecule has 0 aliphatic rings. The smallest absolute Gasteiger partial charge is 0.216 e. The summed E-state index contributed by atoms with van der Waals surface area (Å²) >= 11 is 0. The number of benzene rings is 1. The molecular weight excluding hydrogens is 254 g/mol. The zero-order chi connectivity index (χ0) is 13.8. The Bertz CT molecular complexity index is 657. The highest BCUT2D eigenvalue weighted by molar-refractivity contribution is 5.74. The Kier molecular flexibility index (Phi) is 3.47. The number of nitrogens with one attached hydrogen (secondary N) is 2. The first kappa shape index (κ1) is 12.6. The van der Waals surface area contributed by atoms with Gasteiger partial charge >= 0.3 is 0 Å². The van der Waals surface area contributed by atoms with Crippen LogP contribution in [-0.4, -0.2) is 20.6 Å². The molecule has 0 aliphatic heterocycles. The zero-order valence-electron chi connectivity index (χ0n) is 9.78. The number of halogens is 2. The van der Waals surface area contributed by atoms with Gasteiger partial charge in [-0.2, -0.15) is 10.5 Å². The van der Waals surface area contributed by atoms with Gasteiger partial charge in [0.15, 0.2) is 11.6 Å². The van der Waals surface area contributed by atoms with E-state index in [9.17, 15) is 8.78 Å². The zero-order valence-corrected chi connectivity index (χ0v) is 9.78. The molecule has 0 bridgehead atoms. The van der Waals surface area contributed by atoms with E-state index in [0.29, 0.717) is 5.69 Å². The van der Waals surface area contributed by atoms with Crippen molar-refractivity contribution in [2.24, 2.45) is 0 Å². The fourth-order valence-electron chi connectivity index (χ4n) is 1.38. The van der Waals surface area contributed by atoms with Gasteiger partial charge in [0.1, 0.15) is 11.6 Å². The van der Waals surface area contributed by atoms with E-state index in [4.69, 9.17) is 5.26 Å².